The number of imidazole rings is 1. The van der Waals surface area contributed by atoms with Crippen molar-refractivity contribution in [3.05, 3.63) is 40.7 Å². The first-order valence-electron chi connectivity index (χ1n) is 5.01. The number of hydrogen-bond acceptors (Lipinski definition) is 3. The first-order chi connectivity index (χ1) is 7.65. The lowest BCUT2D eigenvalue weighted by molar-refractivity contribution is 1.04. The molecule has 0 spiro atoms. The number of nitrogens with zero attached hydrogens (tertiary/aromatic N) is 2. The summed E-state index contributed by atoms with van der Waals surface area (Å²) in [7, 11) is 0. The Morgan fingerprint density at radius 2 is 2.12 bits per heavy atom. The summed E-state index contributed by atoms with van der Waals surface area (Å²) in [5.41, 5.74) is 2.94. The van der Waals surface area contributed by atoms with Gasteiger partial charge in [0.05, 0.1) is 24.1 Å². The van der Waals surface area contributed by atoms with Gasteiger partial charge in [0.1, 0.15) is 5.82 Å². The fourth-order valence-electron chi connectivity index (χ4n) is 1.43. The van der Waals surface area contributed by atoms with E-state index in [0.717, 1.165) is 22.8 Å². The van der Waals surface area contributed by atoms with Crippen LogP contribution in [0.3, 0.4) is 0 Å². The highest BCUT2D eigenvalue weighted by molar-refractivity contribution is 6.31. The van der Waals surface area contributed by atoms with E-state index < -0.39 is 0 Å². The highest BCUT2D eigenvalue weighted by atomic mass is 35.5. The van der Waals surface area contributed by atoms with E-state index in [4.69, 9.17) is 11.6 Å². The molecule has 2 aromatic heterocycles. The summed E-state index contributed by atoms with van der Waals surface area (Å²) in [5.74, 6) is 0.908. The summed E-state index contributed by atoms with van der Waals surface area (Å²) in [6.45, 7) is 4.56. The third-order valence-electron chi connectivity index (χ3n) is 2.20. The summed E-state index contributed by atoms with van der Waals surface area (Å²) in [6.07, 6.45) is 3.55. The standard InChI is InChI=1S/C11H13ClN4/c1-7-3-10(11(12)15-4-7)14-6-9-5-13-8(2)16-9/h3-5,14H,6H2,1-2H3,(H,13,16). The maximum absolute atomic E-state index is 5.97. The molecular formula is C11H13ClN4. The van der Waals surface area contributed by atoms with E-state index in [1.165, 1.54) is 0 Å². The quantitative estimate of drug-likeness (QED) is 0.806. The number of nitrogens with one attached hydrogen (secondary N) is 2. The van der Waals surface area contributed by atoms with Gasteiger partial charge in [0.15, 0.2) is 5.15 Å². The van der Waals surface area contributed by atoms with Crippen molar-refractivity contribution in [2.75, 3.05) is 5.32 Å². The molecule has 84 valence electrons. The molecule has 4 nitrogen and oxygen atoms in total. The van der Waals surface area contributed by atoms with Crippen molar-refractivity contribution < 1.29 is 0 Å². The SMILES string of the molecule is Cc1cnc(Cl)c(NCc2cnc(C)[nH]2)c1. The number of rotatable bonds is 3. The van der Waals surface area contributed by atoms with Crippen molar-refractivity contribution >= 4 is 17.3 Å². The highest BCUT2D eigenvalue weighted by Crippen LogP contribution is 2.20. The first kappa shape index (κ1) is 11.0. The number of aromatic amines is 1. The number of hydrogen-bond donors (Lipinski definition) is 2. The fraction of sp³-hybridized carbons (Fsp3) is 0.273. The van der Waals surface area contributed by atoms with Gasteiger partial charge in [-0.25, -0.2) is 9.97 Å². The monoisotopic (exact) mass is 236 g/mol. The van der Waals surface area contributed by atoms with E-state index in [1.807, 2.05) is 19.9 Å². The van der Waals surface area contributed by atoms with Crippen molar-refractivity contribution in [2.24, 2.45) is 0 Å². The summed E-state index contributed by atoms with van der Waals surface area (Å²) >= 11 is 5.97. The molecule has 0 atom stereocenters. The number of aromatic nitrogens is 3. The third kappa shape index (κ3) is 2.52. The van der Waals surface area contributed by atoms with E-state index >= 15 is 0 Å². The zero-order valence-electron chi connectivity index (χ0n) is 9.21. The predicted molar refractivity (Wildman–Crippen MR) is 64.6 cm³/mol. The average Bonchev–Trinajstić information content (AvgIpc) is 2.66. The Kier molecular flexibility index (Phi) is 3.10. The number of H-pyrrole nitrogens is 1. The first-order valence-corrected chi connectivity index (χ1v) is 5.39. The van der Waals surface area contributed by atoms with Crippen LogP contribution < -0.4 is 5.32 Å². The van der Waals surface area contributed by atoms with Crippen LogP contribution in [0.25, 0.3) is 0 Å². The molecule has 0 aromatic carbocycles. The number of pyridine rings is 1. The molecule has 0 amide bonds. The molecule has 2 rings (SSSR count). The number of aryl methyl sites for hydroxylation is 2. The molecule has 0 saturated carbocycles. The van der Waals surface area contributed by atoms with Crippen molar-refractivity contribution in [3.63, 3.8) is 0 Å². The van der Waals surface area contributed by atoms with E-state index in [0.29, 0.717) is 11.7 Å². The smallest absolute Gasteiger partial charge is 0.152 e. The van der Waals surface area contributed by atoms with Gasteiger partial charge in [-0.3, -0.25) is 0 Å². The second-order valence-electron chi connectivity index (χ2n) is 3.70. The van der Waals surface area contributed by atoms with Crippen LogP contribution >= 0.6 is 11.6 Å². The average molecular weight is 237 g/mol. The van der Waals surface area contributed by atoms with Gasteiger partial charge in [-0.05, 0) is 25.5 Å². The fourth-order valence-corrected chi connectivity index (χ4v) is 1.60. The van der Waals surface area contributed by atoms with Crippen molar-refractivity contribution in [1.29, 1.82) is 0 Å². The largest absolute Gasteiger partial charge is 0.377 e. The van der Waals surface area contributed by atoms with Crippen LogP contribution in [-0.2, 0) is 6.54 Å². The van der Waals surface area contributed by atoms with Gasteiger partial charge in [0.25, 0.3) is 0 Å². The molecule has 5 heteroatoms. The predicted octanol–water partition coefficient (Wildman–Crippen LogP) is 2.69. The molecule has 0 aliphatic carbocycles. The molecule has 0 bridgehead atoms. The normalized spacial score (nSPS) is 10.4. The molecule has 0 aliphatic rings. The third-order valence-corrected chi connectivity index (χ3v) is 2.50. The van der Waals surface area contributed by atoms with Crippen molar-refractivity contribution in [1.82, 2.24) is 15.0 Å². The van der Waals surface area contributed by atoms with Crippen LogP contribution in [0, 0.1) is 13.8 Å². The molecule has 0 aliphatic heterocycles. The topological polar surface area (TPSA) is 53.6 Å². The van der Waals surface area contributed by atoms with Gasteiger partial charge in [0, 0.05) is 6.20 Å². The zero-order valence-corrected chi connectivity index (χ0v) is 9.97. The second-order valence-corrected chi connectivity index (χ2v) is 4.06. The van der Waals surface area contributed by atoms with Crippen LogP contribution in [0.4, 0.5) is 5.69 Å². The Morgan fingerprint density at radius 1 is 1.31 bits per heavy atom. The van der Waals surface area contributed by atoms with Gasteiger partial charge in [-0.1, -0.05) is 11.6 Å². The minimum Gasteiger partial charge on any atom is -0.377 e. The Bertz CT molecular complexity index is 492. The molecule has 16 heavy (non-hydrogen) atoms. The van der Waals surface area contributed by atoms with Gasteiger partial charge >= 0.3 is 0 Å². The lowest BCUT2D eigenvalue weighted by Crippen LogP contribution is -2.01. The lowest BCUT2D eigenvalue weighted by Gasteiger charge is -2.07. The van der Waals surface area contributed by atoms with Crippen molar-refractivity contribution in [3.8, 4) is 0 Å². The van der Waals surface area contributed by atoms with E-state index in [2.05, 4.69) is 20.3 Å². The van der Waals surface area contributed by atoms with Gasteiger partial charge in [-0.2, -0.15) is 0 Å². The number of anilines is 1. The van der Waals surface area contributed by atoms with E-state index in [9.17, 15) is 0 Å². The molecule has 2 N–H and O–H groups in total. The summed E-state index contributed by atoms with van der Waals surface area (Å²) < 4.78 is 0. The molecule has 2 aromatic rings. The number of halogens is 1. The van der Waals surface area contributed by atoms with Gasteiger partial charge in [0.2, 0.25) is 0 Å². The Labute approximate surface area is 99.1 Å². The summed E-state index contributed by atoms with van der Waals surface area (Å²) in [5, 5.41) is 3.71. The van der Waals surface area contributed by atoms with Crippen LogP contribution in [0.1, 0.15) is 17.1 Å². The van der Waals surface area contributed by atoms with Crippen LogP contribution in [0.15, 0.2) is 18.5 Å². The molecular weight excluding hydrogens is 224 g/mol. The molecule has 0 unspecified atom stereocenters. The van der Waals surface area contributed by atoms with Crippen LogP contribution in [0.2, 0.25) is 5.15 Å². The summed E-state index contributed by atoms with van der Waals surface area (Å²) in [6, 6.07) is 1.97. The van der Waals surface area contributed by atoms with Crippen LogP contribution in [0.5, 0.6) is 0 Å². The zero-order chi connectivity index (χ0) is 11.5. The lowest BCUT2D eigenvalue weighted by atomic mass is 10.3. The Morgan fingerprint density at radius 3 is 2.81 bits per heavy atom. The molecule has 0 fully saturated rings. The maximum atomic E-state index is 5.97. The van der Waals surface area contributed by atoms with Crippen LogP contribution in [-0.4, -0.2) is 15.0 Å². The second kappa shape index (κ2) is 4.53. The Balaban J connectivity index is 2.07. The van der Waals surface area contributed by atoms with Crippen molar-refractivity contribution in [2.45, 2.75) is 20.4 Å². The molecule has 2 heterocycles. The van der Waals surface area contributed by atoms with E-state index in [-0.39, 0.29) is 0 Å². The molecule has 0 saturated heterocycles. The molecule has 0 radical (unpaired) electrons. The van der Waals surface area contributed by atoms with Gasteiger partial charge < -0.3 is 10.3 Å². The minimum atomic E-state index is 0.488. The van der Waals surface area contributed by atoms with Gasteiger partial charge in [-0.15, -0.1) is 0 Å². The summed E-state index contributed by atoms with van der Waals surface area (Å²) in [4.78, 5) is 11.3. The maximum Gasteiger partial charge on any atom is 0.152 e. The minimum absolute atomic E-state index is 0.488. The Hall–Kier alpha value is -1.55. The highest BCUT2D eigenvalue weighted by Gasteiger charge is 2.02. The van der Waals surface area contributed by atoms with E-state index in [1.54, 1.807) is 12.4 Å².